The minimum absolute atomic E-state index is 0.124. The maximum atomic E-state index is 11.9. The van der Waals surface area contributed by atoms with Crippen molar-refractivity contribution in [3.05, 3.63) is 0 Å². The summed E-state index contributed by atoms with van der Waals surface area (Å²) in [5, 5.41) is 8.57. The van der Waals surface area contributed by atoms with Crippen molar-refractivity contribution in [2.45, 2.75) is 142 Å². The zero-order chi connectivity index (χ0) is 21.6. The Bertz CT molecular complexity index is 417. The smallest absolute Gasteiger partial charge is 0.303 e. The molecule has 0 spiro atoms. The molecule has 29 heavy (non-hydrogen) atoms. The SMILES string of the molecule is CCCCCCCCCC(=O)CC(=O)CCCCCCCCCCCCC(=O)O. The summed E-state index contributed by atoms with van der Waals surface area (Å²) < 4.78 is 0. The highest BCUT2D eigenvalue weighted by Crippen LogP contribution is 2.13. The van der Waals surface area contributed by atoms with E-state index >= 15 is 0 Å². The van der Waals surface area contributed by atoms with Crippen molar-refractivity contribution in [2.24, 2.45) is 0 Å². The van der Waals surface area contributed by atoms with Gasteiger partial charge in [0.1, 0.15) is 11.6 Å². The lowest BCUT2D eigenvalue weighted by molar-refractivity contribution is -0.137. The predicted octanol–water partition coefficient (Wildman–Crippen LogP) is 7.42. The van der Waals surface area contributed by atoms with E-state index in [0.717, 1.165) is 51.4 Å². The van der Waals surface area contributed by atoms with Crippen molar-refractivity contribution in [1.29, 1.82) is 0 Å². The fraction of sp³-hybridized carbons (Fsp3) is 0.880. The molecule has 0 fully saturated rings. The molecule has 0 heterocycles. The van der Waals surface area contributed by atoms with Crippen LogP contribution >= 0.6 is 0 Å². The zero-order valence-corrected chi connectivity index (χ0v) is 19.0. The molecule has 0 aromatic rings. The number of Topliss-reactive ketones (excluding diaryl/α,β-unsaturated/α-hetero) is 2. The lowest BCUT2D eigenvalue weighted by Crippen LogP contribution is -2.07. The van der Waals surface area contributed by atoms with Crippen LogP contribution in [0.15, 0.2) is 0 Å². The Kier molecular flexibility index (Phi) is 20.6. The number of carboxylic acids is 1. The third-order valence-corrected chi connectivity index (χ3v) is 5.55. The van der Waals surface area contributed by atoms with E-state index in [0.29, 0.717) is 19.3 Å². The standard InChI is InChI=1S/C25H46O4/c1-2-3-4-5-10-13-16-19-23(26)22-24(27)20-17-14-11-8-6-7-9-12-15-18-21-25(28)29/h2-22H2,1H3,(H,28,29). The molecule has 0 atom stereocenters. The van der Waals surface area contributed by atoms with Gasteiger partial charge >= 0.3 is 5.97 Å². The number of ketones is 2. The Morgan fingerprint density at radius 3 is 1.14 bits per heavy atom. The molecule has 170 valence electrons. The Morgan fingerprint density at radius 2 is 0.793 bits per heavy atom. The van der Waals surface area contributed by atoms with Crippen LogP contribution in [-0.4, -0.2) is 22.6 Å². The summed E-state index contributed by atoms with van der Waals surface area (Å²) in [5.74, 6) is -0.438. The number of hydrogen-bond donors (Lipinski definition) is 1. The molecule has 0 saturated heterocycles. The van der Waals surface area contributed by atoms with Crippen molar-refractivity contribution in [1.82, 2.24) is 0 Å². The largest absolute Gasteiger partial charge is 0.481 e. The molecule has 0 saturated carbocycles. The molecule has 1 N–H and O–H groups in total. The second-order valence-corrected chi connectivity index (χ2v) is 8.55. The van der Waals surface area contributed by atoms with Crippen LogP contribution in [0.25, 0.3) is 0 Å². The molecule has 4 heteroatoms. The fourth-order valence-electron chi connectivity index (χ4n) is 3.69. The van der Waals surface area contributed by atoms with Gasteiger partial charge in [-0.1, -0.05) is 96.8 Å². The van der Waals surface area contributed by atoms with Gasteiger partial charge in [-0.25, -0.2) is 0 Å². The van der Waals surface area contributed by atoms with Crippen molar-refractivity contribution < 1.29 is 19.5 Å². The number of carbonyl (C=O) groups is 3. The van der Waals surface area contributed by atoms with Gasteiger partial charge in [-0.2, -0.15) is 0 Å². The highest BCUT2D eigenvalue weighted by molar-refractivity contribution is 5.98. The zero-order valence-electron chi connectivity index (χ0n) is 19.0. The molecule has 0 bridgehead atoms. The second kappa shape index (κ2) is 21.5. The van der Waals surface area contributed by atoms with Gasteiger partial charge in [0, 0.05) is 19.3 Å². The first-order valence-corrected chi connectivity index (χ1v) is 12.3. The normalized spacial score (nSPS) is 10.9. The average Bonchev–Trinajstić information content (AvgIpc) is 2.67. The molecular weight excluding hydrogens is 364 g/mol. The summed E-state index contributed by atoms with van der Waals surface area (Å²) >= 11 is 0. The molecule has 4 nitrogen and oxygen atoms in total. The average molecular weight is 411 g/mol. The van der Waals surface area contributed by atoms with Gasteiger partial charge in [0.2, 0.25) is 0 Å². The molecule has 0 aliphatic heterocycles. The molecule has 0 unspecified atom stereocenters. The molecule has 0 aromatic carbocycles. The maximum Gasteiger partial charge on any atom is 0.303 e. The number of carbonyl (C=O) groups excluding carboxylic acids is 2. The van der Waals surface area contributed by atoms with E-state index in [2.05, 4.69) is 6.92 Å². The topological polar surface area (TPSA) is 71.4 Å². The van der Waals surface area contributed by atoms with Crippen molar-refractivity contribution in [2.75, 3.05) is 0 Å². The van der Waals surface area contributed by atoms with E-state index in [4.69, 9.17) is 5.11 Å². The van der Waals surface area contributed by atoms with Gasteiger partial charge in [0.05, 0.1) is 6.42 Å². The number of aliphatic carboxylic acids is 1. The van der Waals surface area contributed by atoms with Crippen LogP contribution in [0.1, 0.15) is 142 Å². The summed E-state index contributed by atoms with van der Waals surface area (Å²) in [4.78, 5) is 34.2. The first kappa shape index (κ1) is 27.8. The highest BCUT2D eigenvalue weighted by Gasteiger charge is 2.09. The molecular formula is C25H46O4. The fourth-order valence-corrected chi connectivity index (χ4v) is 3.69. The summed E-state index contributed by atoms with van der Waals surface area (Å²) in [6.45, 7) is 2.22. The monoisotopic (exact) mass is 410 g/mol. The summed E-state index contributed by atoms with van der Waals surface area (Å²) in [7, 11) is 0. The number of carboxylic acid groups (broad SMARTS) is 1. The van der Waals surface area contributed by atoms with E-state index in [1.165, 1.54) is 57.8 Å². The minimum Gasteiger partial charge on any atom is -0.481 e. The van der Waals surface area contributed by atoms with Gasteiger partial charge in [-0.3, -0.25) is 14.4 Å². The van der Waals surface area contributed by atoms with E-state index in [1.807, 2.05) is 0 Å². The molecule has 0 radical (unpaired) electrons. The Hall–Kier alpha value is -1.19. The highest BCUT2D eigenvalue weighted by atomic mass is 16.4. The van der Waals surface area contributed by atoms with Crippen LogP contribution in [0.3, 0.4) is 0 Å². The van der Waals surface area contributed by atoms with Crippen LogP contribution in [0.5, 0.6) is 0 Å². The number of unbranched alkanes of at least 4 members (excludes halogenated alkanes) is 15. The van der Waals surface area contributed by atoms with Crippen molar-refractivity contribution in [3.63, 3.8) is 0 Å². The molecule has 0 aliphatic carbocycles. The van der Waals surface area contributed by atoms with Gasteiger partial charge in [0.25, 0.3) is 0 Å². The van der Waals surface area contributed by atoms with Crippen LogP contribution in [0.4, 0.5) is 0 Å². The summed E-state index contributed by atoms with van der Waals surface area (Å²) in [5.41, 5.74) is 0. The number of hydrogen-bond acceptors (Lipinski definition) is 3. The molecule has 0 rings (SSSR count). The van der Waals surface area contributed by atoms with Crippen molar-refractivity contribution >= 4 is 17.5 Å². The third-order valence-electron chi connectivity index (χ3n) is 5.55. The van der Waals surface area contributed by atoms with Crippen LogP contribution in [0.2, 0.25) is 0 Å². The Morgan fingerprint density at radius 1 is 0.483 bits per heavy atom. The van der Waals surface area contributed by atoms with E-state index < -0.39 is 5.97 Å². The van der Waals surface area contributed by atoms with Gasteiger partial charge in [-0.05, 0) is 19.3 Å². The van der Waals surface area contributed by atoms with E-state index in [1.54, 1.807) is 0 Å². The molecule has 0 aliphatic rings. The molecule has 0 aromatic heterocycles. The Balaban J connectivity index is 3.32. The predicted molar refractivity (Wildman–Crippen MR) is 120 cm³/mol. The lowest BCUT2D eigenvalue weighted by atomic mass is 10.0. The van der Waals surface area contributed by atoms with Gasteiger partial charge in [0.15, 0.2) is 0 Å². The lowest BCUT2D eigenvalue weighted by Gasteiger charge is -2.03. The maximum absolute atomic E-state index is 11.9. The third kappa shape index (κ3) is 23.0. The first-order chi connectivity index (χ1) is 14.1. The van der Waals surface area contributed by atoms with Gasteiger partial charge in [-0.15, -0.1) is 0 Å². The summed E-state index contributed by atoms with van der Waals surface area (Å²) in [6.07, 6.45) is 21.0. The minimum atomic E-state index is -0.694. The van der Waals surface area contributed by atoms with Crippen molar-refractivity contribution in [3.8, 4) is 0 Å². The summed E-state index contributed by atoms with van der Waals surface area (Å²) in [6, 6.07) is 0. The van der Waals surface area contributed by atoms with Crippen LogP contribution in [-0.2, 0) is 14.4 Å². The van der Waals surface area contributed by atoms with E-state index in [-0.39, 0.29) is 18.0 Å². The van der Waals surface area contributed by atoms with Crippen LogP contribution < -0.4 is 0 Å². The van der Waals surface area contributed by atoms with Crippen LogP contribution in [0, 0.1) is 0 Å². The Labute approximate surface area is 179 Å². The molecule has 0 amide bonds. The quantitative estimate of drug-likeness (QED) is 0.140. The second-order valence-electron chi connectivity index (χ2n) is 8.55. The number of rotatable bonds is 23. The first-order valence-electron chi connectivity index (χ1n) is 12.3. The van der Waals surface area contributed by atoms with Gasteiger partial charge < -0.3 is 5.11 Å². The van der Waals surface area contributed by atoms with E-state index in [9.17, 15) is 14.4 Å².